The average Bonchev–Trinajstić information content (AvgIpc) is 3.01. The van der Waals surface area contributed by atoms with E-state index in [1.807, 2.05) is 30.3 Å². The molecule has 0 aliphatic heterocycles. The largest absolute Gasteiger partial charge is 0.462 e. The Morgan fingerprint density at radius 1 is 0.881 bits per heavy atom. The Morgan fingerprint density at radius 3 is 2.26 bits per heavy atom. The minimum Gasteiger partial charge on any atom is -0.462 e. The first-order chi connectivity index (χ1) is 20.4. The predicted molar refractivity (Wildman–Crippen MR) is 171 cm³/mol. The van der Waals surface area contributed by atoms with Crippen molar-refractivity contribution in [3.63, 3.8) is 0 Å². The van der Waals surface area contributed by atoms with Crippen LogP contribution in [0.15, 0.2) is 72.8 Å². The van der Waals surface area contributed by atoms with Crippen molar-refractivity contribution in [3.8, 4) is 22.3 Å². The van der Waals surface area contributed by atoms with Crippen LogP contribution in [0.2, 0.25) is 0 Å². The Morgan fingerprint density at radius 2 is 1.60 bits per heavy atom. The molecule has 1 aliphatic rings. The number of aliphatic hydroxyl groups is 1. The molecule has 0 heterocycles. The molecule has 1 N–H and O–H groups in total. The van der Waals surface area contributed by atoms with Crippen LogP contribution in [0.1, 0.15) is 94.2 Å². The Hall–Kier alpha value is -3.24. The van der Waals surface area contributed by atoms with Gasteiger partial charge in [-0.1, -0.05) is 93.8 Å². The van der Waals surface area contributed by atoms with Gasteiger partial charge in [-0.2, -0.15) is 0 Å². The minimum absolute atomic E-state index is 0.100. The number of aliphatic hydroxyl groups excluding tert-OH is 1. The topological polar surface area (TPSA) is 46.5 Å². The number of carbonyl (C=O) groups is 1. The van der Waals surface area contributed by atoms with Gasteiger partial charge in [0.25, 0.3) is 0 Å². The van der Waals surface area contributed by atoms with Gasteiger partial charge in [0, 0.05) is 24.2 Å². The normalized spacial score (nSPS) is 16.8. The van der Waals surface area contributed by atoms with Crippen LogP contribution in [-0.2, 0) is 22.4 Å². The fourth-order valence-electron chi connectivity index (χ4n) is 6.26. The highest BCUT2D eigenvalue weighted by Crippen LogP contribution is 2.38. The van der Waals surface area contributed by atoms with Crippen molar-refractivity contribution in [2.75, 3.05) is 13.2 Å². The molecular formula is C38H47FO3. The fourth-order valence-corrected chi connectivity index (χ4v) is 6.26. The van der Waals surface area contributed by atoms with Crippen LogP contribution in [0.5, 0.6) is 0 Å². The van der Waals surface area contributed by atoms with Gasteiger partial charge in [-0.05, 0) is 96.7 Å². The summed E-state index contributed by atoms with van der Waals surface area (Å²) in [5.74, 6) is 0.864. The van der Waals surface area contributed by atoms with E-state index in [0.717, 1.165) is 33.7 Å². The number of hydrogen-bond acceptors (Lipinski definition) is 3. The van der Waals surface area contributed by atoms with E-state index < -0.39 is 5.97 Å². The zero-order valence-corrected chi connectivity index (χ0v) is 25.5. The van der Waals surface area contributed by atoms with Crippen LogP contribution < -0.4 is 0 Å². The van der Waals surface area contributed by atoms with E-state index in [1.54, 1.807) is 13.0 Å². The smallest absolute Gasteiger partial charge is 0.333 e. The molecule has 0 amide bonds. The SMILES string of the molecule is C=C(C)C(=O)OCCc1cc(-c2ccc(-c3ccc(C4CCC(CCCCC)CC4)cc3)cc2F)ccc1CCCO. The van der Waals surface area contributed by atoms with Crippen LogP contribution in [0.3, 0.4) is 0 Å². The fraction of sp³-hybridized carbons (Fsp3) is 0.447. The number of rotatable bonds is 14. The molecule has 0 radical (unpaired) electrons. The first-order valence-corrected chi connectivity index (χ1v) is 15.8. The Balaban J connectivity index is 1.44. The van der Waals surface area contributed by atoms with E-state index in [2.05, 4.69) is 37.8 Å². The van der Waals surface area contributed by atoms with Crippen LogP contribution >= 0.6 is 0 Å². The predicted octanol–water partition coefficient (Wildman–Crippen LogP) is 9.60. The van der Waals surface area contributed by atoms with E-state index >= 15 is 4.39 Å². The molecule has 1 saturated carbocycles. The Labute approximate surface area is 251 Å². The first kappa shape index (κ1) is 31.7. The third-order valence-electron chi connectivity index (χ3n) is 8.82. The van der Waals surface area contributed by atoms with Crippen molar-refractivity contribution in [2.45, 2.75) is 90.4 Å². The van der Waals surface area contributed by atoms with Crippen LogP contribution in [0.25, 0.3) is 22.3 Å². The molecule has 1 fully saturated rings. The van der Waals surface area contributed by atoms with E-state index in [-0.39, 0.29) is 19.0 Å². The highest BCUT2D eigenvalue weighted by Gasteiger charge is 2.22. The molecule has 3 aromatic rings. The third kappa shape index (κ3) is 8.64. The summed E-state index contributed by atoms with van der Waals surface area (Å²) in [7, 11) is 0. The van der Waals surface area contributed by atoms with E-state index in [1.165, 1.54) is 56.9 Å². The summed E-state index contributed by atoms with van der Waals surface area (Å²) in [5.41, 5.74) is 7.05. The molecule has 224 valence electrons. The maximum atomic E-state index is 15.5. The van der Waals surface area contributed by atoms with Crippen LogP contribution in [0, 0.1) is 11.7 Å². The number of ether oxygens (including phenoxy) is 1. The van der Waals surface area contributed by atoms with Gasteiger partial charge in [0.15, 0.2) is 0 Å². The maximum Gasteiger partial charge on any atom is 0.333 e. The Bertz CT molecular complexity index is 1320. The second-order valence-corrected chi connectivity index (χ2v) is 12.0. The third-order valence-corrected chi connectivity index (χ3v) is 8.82. The first-order valence-electron chi connectivity index (χ1n) is 15.8. The number of benzene rings is 3. The van der Waals surface area contributed by atoms with Gasteiger partial charge in [-0.25, -0.2) is 9.18 Å². The quantitative estimate of drug-likeness (QED) is 0.119. The lowest BCUT2D eigenvalue weighted by Crippen LogP contribution is -2.13. The second kappa shape index (κ2) is 15.8. The summed E-state index contributed by atoms with van der Waals surface area (Å²) in [6.07, 6.45) is 12.5. The average molecular weight is 571 g/mol. The molecule has 4 rings (SSSR count). The standard InChI is InChI=1S/C38H47FO3/c1-4-5-6-8-28-10-12-30(13-11-28)31-14-16-32(17-15-31)33-20-21-36(37(39)26-33)35-19-18-29(9-7-23-40)34(25-35)22-24-42-38(41)27(2)3/h14-21,25-26,28,30,40H,2,4-13,22-24H2,1,3H3. The molecule has 0 unspecified atom stereocenters. The molecule has 0 bridgehead atoms. The molecular weight excluding hydrogens is 523 g/mol. The summed E-state index contributed by atoms with van der Waals surface area (Å²) in [5, 5.41) is 9.31. The van der Waals surface area contributed by atoms with Crippen LogP contribution in [0.4, 0.5) is 4.39 Å². The molecule has 0 atom stereocenters. The molecule has 3 nitrogen and oxygen atoms in total. The molecule has 0 saturated heterocycles. The van der Waals surface area contributed by atoms with Gasteiger partial charge in [-0.15, -0.1) is 0 Å². The highest BCUT2D eigenvalue weighted by atomic mass is 19.1. The highest BCUT2D eigenvalue weighted by molar-refractivity contribution is 5.86. The molecule has 4 heteroatoms. The summed E-state index contributed by atoms with van der Waals surface area (Å²) in [6.45, 7) is 7.84. The zero-order valence-electron chi connectivity index (χ0n) is 25.5. The summed E-state index contributed by atoms with van der Waals surface area (Å²) < 4.78 is 20.8. The van der Waals surface area contributed by atoms with Gasteiger partial charge >= 0.3 is 5.97 Å². The number of esters is 1. The van der Waals surface area contributed by atoms with Gasteiger partial charge in [0.2, 0.25) is 0 Å². The number of halogens is 1. The van der Waals surface area contributed by atoms with Crippen molar-refractivity contribution in [3.05, 3.63) is 95.3 Å². The van der Waals surface area contributed by atoms with Crippen LogP contribution in [-0.4, -0.2) is 24.3 Å². The lowest BCUT2D eigenvalue weighted by Gasteiger charge is -2.29. The summed E-state index contributed by atoms with van der Waals surface area (Å²) in [4.78, 5) is 11.8. The molecule has 0 aromatic heterocycles. The summed E-state index contributed by atoms with van der Waals surface area (Å²) >= 11 is 0. The molecule has 1 aliphatic carbocycles. The van der Waals surface area contributed by atoms with Gasteiger partial charge < -0.3 is 9.84 Å². The van der Waals surface area contributed by atoms with Crippen molar-refractivity contribution < 1.29 is 19.0 Å². The number of unbranched alkanes of at least 4 members (excludes halogenated alkanes) is 2. The maximum absolute atomic E-state index is 15.5. The molecule has 0 spiro atoms. The number of carbonyl (C=O) groups excluding carboxylic acids is 1. The van der Waals surface area contributed by atoms with Gasteiger partial charge in [0.05, 0.1) is 6.61 Å². The van der Waals surface area contributed by atoms with E-state index in [0.29, 0.717) is 36.3 Å². The van der Waals surface area contributed by atoms with Crippen molar-refractivity contribution >= 4 is 5.97 Å². The van der Waals surface area contributed by atoms with Gasteiger partial charge in [-0.3, -0.25) is 0 Å². The summed E-state index contributed by atoms with van der Waals surface area (Å²) in [6, 6.07) is 20.1. The second-order valence-electron chi connectivity index (χ2n) is 12.0. The molecule has 42 heavy (non-hydrogen) atoms. The van der Waals surface area contributed by atoms with E-state index in [4.69, 9.17) is 4.74 Å². The molecule has 3 aromatic carbocycles. The lowest BCUT2D eigenvalue weighted by molar-refractivity contribution is -0.138. The van der Waals surface area contributed by atoms with Crippen molar-refractivity contribution in [2.24, 2.45) is 5.92 Å². The Kier molecular flexibility index (Phi) is 12.0. The number of aryl methyl sites for hydroxylation is 1. The van der Waals surface area contributed by atoms with E-state index in [9.17, 15) is 9.90 Å². The lowest BCUT2D eigenvalue weighted by atomic mass is 9.77. The van der Waals surface area contributed by atoms with Crippen molar-refractivity contribution in [1.82, 2.24) is 0 Å². The zero-order chi connectivity index (χ0) is 29.9. The van der Waals surface area contributed by atoms with Gasteiger partial charge in [0.1, 0.15) is 5.82 Å². The van der Waals surface area contributed by atoms with Crippen molar-refractivity contribution in [1.29, 1.82) is 0 Å². The minimum atomic E-state index is -0.414. The monoisotopic (exact) mass is 570 g/mol. The number of hydrogen-bond donors (Lipinski definition) is 1.